The zero-order valence-electron chi connectivity index (χ0n) is 12.0. The molecular formula is C15H13N3O4S. The number of aromatic nitrogens is 2. The third-order valence-corrected chi connectivity index (χ3v) is 5.25. The maximum Gasteiger partial charge on any atom is 0.269 e. The van der Waals surface area contributed by atoms with Gasteiger partial charge in [-0.3, -0.25) is 10.1 Å². The monoisotopic (exact) mass is 331 g/mol. The summed E-state index contributed by atoms with van der Waals surface area (Å²) < 4.78 is 26.5. The van der Waals surface area contributed by atoms with Gasteiger partial charge in [-0.2, -0.15) is 0 Å². The number of nitro benzene ring substituents is 1. The topological polar surface area (TPSA) is 95.1 Å². The van der Waals surface area contributed by atoms with Crippen molar-refractivity contribution in [2.24, 2.45) is 0 Å². The van der Waals surface area contributed by atoms with Crippen molar-refractivity contribution in [1.82, 2.24) is 9.55 Å². The first-order chi connectivity index (χ1) is 11.0. The summed E-state index contributed by atoms with van der Waals surface area (Å²) in [6, 6.07) is 12.4. The van der Waals surface area contributed by atoms with E-state index in [1.807, 2.05) is 24.3 Å². The molecule has 0 saturated heterocycles. The standard InChI is InChI=1S/C15H13N3O4S/c19-18(20)12-5-7-13(8-6-12)23(21,22)10-9-17-11-16-14-3-1-2-4-15(14)17/h1-8,11H,9-10H2. The number of rotatable bonds is 5. The Bertz CT molecular complexity index is 962. The van der Waals surface area contributed by atoms with Crippen molar-refractivity contribution in [3.05, 3.63) is 65.0 Å². The Balaban J connectivity index is 1.80. The van der Waals surface area contributed by atoms with Gasteiger partial charge in [0.15, 0.2) is 9.84 Å². The molecule has 3 aromatic rings. The number of sulfone groups is 1. The van der Waals surface area contributed by atoms with E-state index < -0.39 is 14.8 Å². The van der Waals surface area contributed by atoms with E-state index in [-0.39, 0.29) is 22.9 Å². The van der Waals surface area contributed by atoms with E-state index in [2.05, 4.69) is 4.98 Å². The minimum Gasteiger partial charge on any atom is -0.330 e. The van der Waals surface area contributed by atoms with Crippen molar-refractivity contribution in [2.75, 3.05) is 5.75 Å². The van der Waals surface area contributed by atoms with Gasteiger partial charge in [0.1, 0.15) is 0 Å². The molecule has 3 rings (SSSR count). The average molecular weight is 331 g/mol. The fourth-order valence-corrected chi connectivity index (χ4v) is 3.52. The SMILES string of the molecule is O=[N+]([O-])c1ccc(S(=O)(=O)CCn2cnc3ccccc32)cc1. The number of fused-ring (bicyclic) bond motifs is 1. The highest BCUT2D eigenvalue weighted by Gasteiger charge is 2.16. The number of aryl methyl sites for hydroxylation is 1. The number of benzene rings is 2. The number of para-hydroxylation sites is 2. The zero-order chi connectivity index (χ0) is 16.4. The maximum absolute atomic E-state index is 12.3. The lowest BCUT2D eigenvalue weighted by molar-refractivity contribution is -0.384. The Kier molecular flexibility index (Phi) is 3.83. The van der Waals surface area contributed by atoms with Crippen molar-refractivity contribution >= 4 is 26.6 Å². The average Bonchev–Trinajstić information content (AvgIpc) is 2.96. The summed E-state index contributed by atoms with van der Waals surface area (Å²) in [7, 11) is -3.52. The molecule has 0 unspecified atom stereocenters. The predicted octanol–water partition coefficient (Wildman–Crippen LogP) is 2.42. The first kappa shape index (κ1) is 15.2. The molecular weight excluding hydrogens is 318 g/mol. The van der Waals surface area contributed by atoms with Crippen LogP contribution in [0.2, 0.25) is 0 Å². The maximum atomic E-state index is 12.3. The van der Waals surface area contributed by atoms with E-state index >= 15 is 0 Å². The fourth-order valence-electron chi connectivity index (χ4n) is 2.30. The highest BCUT2D eigenvalue weighted by Crippen LogP contribution is 2.18. The van der Waals surface area contributed by atoms with Crippen molar-refractivity contribution < 1.29 is 13.3 Å². The second-order valence-corrected chi connectivity index (χ2v) is 7.11. The Morgan fingerprint density at radius 1 is 1.09 bits per heavy atom. The molecule has 1 heterocycles. The van der Waals surface area contributed by atoms with Crippen molar-refractivity contribution in [3.8, 4) is 0 Å². The van der Waals surface area contributed by atoms with Crippen LogP contribution in [-0.2, 0) is 16.4 Å². The van der Waals surface area contributed by atoms with E-state index in [0.29, 0.717) is 0 Å². The highest BCUT2D eigenvalue weighted by molar-refractivity contribution is 7.91. The summed E-state index contributed by atoms with van der Waals surface area (Å²) in [5, 5.41) is 10.6. The van der Waals surface area contributed by atoms with E-state index in [1.165, 1.54) is 24.3 Å². The van der Waals surface area contributed by atoms with E-state index in [1.54, 1.807) is 10.9 Å². The summed E-state index contributed by atoms with van der Waals surface area (Å²) in [5.41, 5.74) is 1.54. The van der Waals surface area contributed by atoms with Gasteiger partial charge in [-0.1, -0.05) is 12.1 Å². The molecule has 1 aromatic heterocycles. The van der Waals surface area contributed by atoms with E-state index in [0.717, 1.165) is 11.0 Å². The summed E-state index contributed by atoms with van der Waals surface area (Å²) in [4.78, 5) is 14.3. The molecule has 7 nitrogen and oxygen atoms in total. The molecule has 118 valence electrons. The summed E-state index contributed by atoms with van der Waals surface area (Å²) >= 11 is 0. The number of hydrogen-bond donors (Lipinski definition) is 0. The molecule has 8 heteroatoms. The minimum atomic E-state index is -3.52. The quantitative estimate of drug-likeness (QED) is 0.528. The molecule has 0 saturated carbocycles. The van der Waals surface area contributed by atoms with Crippen LogP contribution in [0.1, 0.15) is 0 Å². The Morgan fingerprint density at radius 2 is 1.78 bits per heavy atom. The van der Waals surface area contributed by atoms with Gasteiger partial charge >= 0.3 is 0 Å². The lowest BCUT2D eigenvalue weighted by atomic mass is 10.3. The molecule has 0 aliphatic rings. The molecule has 0 fully saturated rings. The van der Waals surface area contributed by atoms with Crippen LogP contribution in [0.25, 0.3) is 11.0 Å². The Labute approximate surface area is 132 Å². The molecule has 0 spiro atoms. The lowest BCUT2D eigenvalue weighted by Crippen LogP contribution is -2.12. The van der Waals surface area contributed by atoms with Gasteiger partial charge in [0.05, 0.1) is 32.9 Å². The third-order valence-electron chi connectivity index (χ3n) is 3.53. The first-order valence-electron chi connectivity index (χ1n) is 6.84. The normalized spacial score (nSPS) is 11.7. The number of nitrogens with zero attached hydrogens (tertiary/aromatic N) is 3. The van der Waals surface area contributed by atoms with Crippen LogP contribution in [-0.4, -0.2) is 28.6 Å². The van der Waals surface area contributed by atoms with Crippen molar-refractivity contribution in [3.63, 3.8) is 0 Å². The molecule has 0 amide bonds. The number of non-ortho nitro benzene ring substituents is 1. The number of nitro groups is 1. The second kappa shape index (κ2) is 5.81. The van der Waals surface area contributed by atoms with Crippen molar-refractivity contribution in [2.45, 2.75) is 11.4 Å². The minimum absolute atomic E-state index is 0.0764. The molecule has 0 aliphatic heterocycles. The summed E-state index contributed by atoms with van der Waals surface area (Å²) in [6.07, 6.45) is 1.61. The van der Waals surface area contributed by atoms with Crippen LogP contribution in [0.4, 0.5) is 5.69 Å². The zero-order valence-corrected chi connectivity index (χ0v) is 12.8. The number of hydrogen-bond acceptors (Lipinski definition) is 5. The van der Waals surface area contributed by atoms with Gasteiger partial charge in [-0.05, 0) is 24.3 Å². The van der Waals surface area contributed by atoms with Crippen LogP contribution in [0.5, 0.6) is 0 Å². The van der Waals surface area contributed by atoms with Gasteiger partial charge in [-0.25, -0.2) is 13.4 Å². The molecule has 0 aliphatic carbocycles. The van der Waals surface area contributed by atoms with Crippen LogP contribution in [0.15, 0.2) is 59.8 Å². The van der Waals surface area contributed by atoms with Gasteiger partial charge < -0.3 is 4.57 Å². The molecule has 0 atom stereocenters. The van der Waals surface area contributed by atoms with E-state index in [9.17, 15) is 18.5 Å². The lowest BCUT2D eigenvalue weighted by Gasteiger charge is -2.06. The van der Waals surface area contributed by atoms with Crippen LogP contribution < -0.4 is 0 Å². The van der Waals surface area contributed by atoms with Gasteiger partial charge in [0.2, 0.25) is 0 Å². The summed E-state index contributed by atoms with van der Waals surface area (Å²) in [6.45, 7) is 0.264. The first-order valence-corrected chi connectivity index (χ1v) is 8.50. The summed E-state index contributed by atoms with van der Waals surface area (Å²) in [5.74, 6) is -0.106. The molecule has 0 radical (unpaired) electrons. The number of imidazole rings is 1. The molecule has 0 N–H and O–H groups in total. The Morgan fingerprint density at radius 3 is 2.48 bits per heavy atom. The van der Waals surface area contributed by atoms with Gasteiger partial charge in [0.25, 0.3) is 5.69 Å². The third kappa shape index (κ3) is 3.07. The highest BCUT2D eigenvalue weighted by atomic mass is 32.2. The molecule has 23 heavy (non-hydrogen) atoms. The molecule has 0 bridgehead atoms. The second-order valence-electron chi connectivity index (χ2n) is 5.00. The largest absolute Gasteiger partial charge is 0.330 e. The Hall–Kier alpha value is -2.74. The van der Waals surface area contributed by atoms with Gasteiger partial charge in [0, 0.05) is 18.7 Å². The van der Waals surface area contributed by atoms with Crippen LogP contribution in [0, 0.1) is 10.1 Å². The van der Waals surface area contributed by atoms with Gasteiger partial charge in [-0.15, -0.1) is 0 Å². The van der Waals surface area contributed by atoms with Crippen LogP contribution in [0.3, 0.4) is 0 Å². The smallest absolute Gasteiger partial charge is 0.269 e. The van der Waals surface area contributed by atoms with Crippen LogP contribution >= 0.6 is 0 Å². The predicted molar refractivity (Wildman–Crippen MR) is 84.9 cm³/mol. The van der Waals surface area contributed by atoms with Crippen molar-refractivity contribution in [1.29, 1.82) is 0 Å². The molecule has 2 aromatic carbocycles. The van der Waals surface area contributed by atoms with E-state index in [4.69, 9.17) is 0 Å². The fraction of sp³-hybridized carbons (Fsp3) is 0.133.